The van der Waals surface area contributed by atoms with Gasteiger partial charge in [-0.05, 0) is 25.7 Å². The summed E-state index contributed by atoms with van der Waals surface area (Å²) in [7, 11) is 0. The fourth-order valence-corrected chi connectivity index (χ4v) is 1.99. The van der Waals surface area contributed by atoms with Gasteiger partial charge in [0.25, 0.3) is 0 Å². The number of likely N-dealkylation sites (tertiary alicyclic amines) is 1. The second-order valence-electron chi connectivity index (χ2n) is 4.35. The summed E-state index contributed by atoms with van der Waals surface area (Å²) in [6.45, 7) is 0.902. The molecular formula is C11H19N3O4. The van der Waals surface area contributed by atoms with Gasteiger partial charge in [0.15, 0.2) is 0 Å². The van der Waals surface area contributed by atoms with E-state index in [-0.39, 0.29) is 11.9 Å². The number of amides is 3. The molecule has 4 N–H and O–H groups in total. The Morgan fingerprint density at radius 1 is 1.33 bits per heavy atom. The highest BCUT2D eigenvalue weighted by molar-refractivity contribution is 5.83. The van der Waals surface area contributed by atoms with Crippen LogP contribution in [0.3, 0.4) is 0 Å². The molecular weight excluding hydrogens is 238 g/mol. The van der Waals surface area contributed by atoms with Crippen molar-refractivity contribution in [2.45, 2.75) is 38.1 Å². The highest BCUT2D eigenvalue weighted by atomic mass is 16.4. The number of hydrogen-bond donors (Lipinski definition) is 3. The lowest BCUT2D eigenvalue weighted by Gasteiger charge is -2.21. The Bertz CT molecular complexity index is 332. The van der Waals surface area contributed by atoms with Crippen molar-refractivity contribution < 1.29 is 19.5 Å². The second kappa shape index (κ2) is 6.83. The van der Waals surface area contributed by atoms with E-state index < -0.39 is 12.0 Å². The minimum Gasteiger partial charge on any atom is -0.480 e. The summed E-state index contributed by atoms with van der Waals surface area (Å²) >= 11 is 0. The monoisotopic (exact) mass is 257 g/mol. The van der Waals surface area contributed by atoms with E-state index in [1.54, 1.807) is 0 Å². The zero-order chi connectivity index (χ0) is 13.5. The Balaban J connectivity index is 2.24. The summed E-state index contributed by atoms with van der Waals surface area (Å²) in [5, 5.41) is 11.6. The molecule has 0 radical (unpaired) electrons. The molecule has 0 aromatic heterocycles. The van der Waals surface area contributed by atoms with E-state index in [9.17, 15) is 14.4 Å². The van der Waals surface area contributed by atoms with Crippen LogP contribution in [0.4, 0.5) is 4.79 Å². The second-order valence-corrected chi connectivity index (χ2v) is 4.35. The molecule has 102 valence electrons. The van der Waals surface area contributed by atoms with E-state index in [0.29, 0.717) is 45.2 Å². The number of rotatable bonds is 6. The number of nitrogens with zero attached hydrogens (tertiary/aromatic N) is 1. The zero-order valence-electron chi connectivity index (χ0n) is 10.2. The normalized spacial score (nSPS) is 18.7. The molecule has 0 spiro atoms. The minimum absolute atomic E-state index is 0.303. The van der Waals surface area contributed by atoms with Gasteiger partial charge in [0.1, 0.15) is 6.04 Å². The largest absolute Gasteiger partial charge is 0.480 e. The predicted molar refractivity (Wildman–Crippen MR) is 63.8 cm³/mol. The molecule has 0 bridgehead atoms. The van der Waals surface area contributed by atoms with Crippen LogP contribution >= 0.6 is 0 Å². The Kier molecular flexibility index (Phi) is 5.41. The number of unbranched alkanes of at least 4 members (excludes halogenated alkanes) is 1. The first-order valence-corrected chi connectivity index (χ1v) is 6.08. The van der Waals surface area contributed by atoms with Crippen LogP contribution in [0.15, 0.2) is 0 Å². The summed E-state index contributed by atoms with van der Waals surface area (Å²) in [5.41, 5.74) is 4.99. The molecule has 0 unspecified atom stereocenters. The standard InChI is InChI=1S/C11H19N3O4/c12-9(15)5-1-2-6-13-11(18)14-7-3-4-8(14)10(16)17/h8H,1-7H2,(H2,12,15)(H,13,18)(H,16,17)/t8-/m1/s1. The van der Waals surface area contributed by atoms with Gasteiger partial charge in [0, 0.05) is 19.5 Å². The van der Waals surface area contributed by atoms with Crippen molar-refractivity contribution in [3.63, 3.8) is 0 Å². The van der Waals surface area contributed by atoms with Crippen LogP contribution in [0.2, 0.25) is 0 Å². The molecule has 7 nitrogen and oxygen atoms in total. The Labute approximate surface area is 105 Å². The Morgan fingerprint density at radius 3 is 2.67 bits per heavy atom. The molecule has 1 heterocycles. The fraction of sp³-hybridized carbons (Fsp3) is 0.727. The molecule has 1 aliphatic rings. The number of carboxylic acids is 1. The first-order chi connectivity index (χ1) is 8.52. The number of primary amides is 1. The van der Waals surface area contributed by atoms with Gasteiger partial charge < -0.3 is 21.1 Å². The quantitative estimate of drug-likeness (QED) is 0.577. The van der Waals surface area contributed by atoms with Crippen LogP contribution in [0.5, 0.6) is 0 Å². The molecule has 1 aliphatic heterocycles. The predicted octanol–water partition coefficient (Wildman–Crippen LogP) is -0.0994. The van der Waals surface area contributed by atoms with Gasteiger partial charge in [-0.25, -0.2) is 9.59 Å². The van der Waals surface area contributed by atoms with Crippen molar-refractivity contribution in [2.24, 2.45) is 5.73 Å². The molecule has 0 aromatic rings. The molecule has 7 heteroatoms. The first kappa shape index (κ1) is 14.3. The van der Waals surface area contributed by atoms with Crippen LogP contribution in [-0.2, 0) is 9.59 Å². The van der Waals surface area contributed by atoms with Crippen LogP contribution in [0.1, 0.15) is 32.1 Å². The number of carbonyl (C=O) groups excluding carboxylic acids is 2. The lowest BCUT2D eigenvalue weighted by atomic mass is 10.2. The van der Waals surface area contributed by atoms with Crippen molar-refractivity contribution in [3.05, 3.63) is 0 Å². The summed E-state index contributed by atoms with van der Waals surface area (Å²) in [6, 6.07) is -1.06. The zero-order valence-corrected chi connectivity index (χ0v) is 10.2. The van der Waals surface area contributed by atoms with Gasteiger partial charge in [0.2, 0.25) is 5.91 Å². The maximum absolute atomic E-state index is 11.7. The van der Waals surface area contributed by atoms with Gasteiger partial charge in [-0.2, -0.15) is 0 Å². The van der Waals surface area contributed by atoms with Gasteiger partial charge in [-0.15, -0.1) is 0 Å². The van der Waals surface area contributed by atoms with E-state index in [1.165, 1.54) is 4.90 Å². The molecule has 1 saturated heterocycles. The molecule has 18 heavy (non-hydrogen) atoms. The number of carboxylic acid groups (broad SMARTS) is 1. The van der Waals surface area contributed by atoms with Crippen LogP contribution < -0.4 is 11.1 Å². The average molecular weight is 257 g/mol. The lowest BCUT2D eigenvalue weighted by molar-refractivity contribution is -0.141. The van der Waals surface area contributed by atoms with Crippen molar-refractivity contribution in [1.82, 2.24) is 10.2 Å². The van der Waals surface area contributed by atoms with Gasteiger partial charge in [-0.3, -0.25) is 4.79 Å². The molecule has 1 fully saturated rings. The third-order valence-electron chi connectivity index (χ3n) is 2.92. The van der Waals surface area contributed by atoms with Gasteiger partial charge in [0.05, 0.1) is 0 Å². The fourth-order valence-electron chi connectivity index (χ4n) is 1.99. The summed E-state index contributed by atoms with van der Waals surface area (Å²) in [4.78, 5) is 34.4. The summed E-state index contributed by atoms with van der Waals surface area (Å²) in [5.74, 6) is -1.32. The van der Waals surface area contributed by atoms with E-state index in [0.717, 1.165) is 0 Å². The maximum Gasteiger partial charge on any atom is 0.326 e. The third-order valence-corrected chi connectivity index (χ3v) is 2.92. The SMILES string of the molecule is NC(=O)CCCCNC(=O)N1CCC[C@@H]1C(=O)O. The Morgan fingerprint density at radius 2 is 2.06 bits per heavy atom. The highest BCUT2D eigenvalue weighted by Crippen LogP contribution is 2.17. The number of aliphatic carboxylic acids is 1. The maximum atomic E-state index is 11.7. The summed E-state index contributed by atoms with van der Waals surface area (Å²) < 4.78 is 0. The van der Waals surface area contributed by atoms with Crippen LogP contribution in [-0.4, -0.2) is 47.0 Å². The molecule has 1 rings (SSSR count). The Hall–Kier alpha value is -1.79. The van der Waals surface area contributed by atoms with Crippen molar-refractivity contribution >= 4 is 17.9 Å². The molecule has 0 aromatic carbocycles. The number of nitrogens with one attached hydrogen (secondary N) is 1. The van der Waals surface area contributed by atoms with Gasteiger partial charge >= 0.3 is 12.0 Å². The first-order valence-electron chi connectivity index (χ1n) is 6.08. The molecule has 0 aliphatic carbocycles. The van der Waals surface area contributed by atoms with Crippen molar-refractivity contribution in [2.75, 3.05) is 13.1 Å². The van der Waals surface area contributed by atoms with Crippen molar-refractivity contribution in [1.29, 1.82) is 0 Å². The smallest absolute Gasteiger partial charge is 0.326 e. The topological polar surface area (TPSA) is 113 Å². The lowest BCUT2D eigenvalue weighted by Crippen LogP contribution is -2.46. The number of carbonyl (C=O) groups is 3. The van der Waals surface area contributed by atoms with Crippen LogP contribution in [0.25, 0.3) is 0 Å². The molecule has 0 saturated carbocycles. The van der Waals surface area contributed by atoms with E-state index in [4.69, 9.17) is 10.8 Å². The average Bonchev–Trinajstić information content (AvgIpc) is 2.76. The number of nitrogens with two attached hydrogens (primary N) is 1. The molecule has 3 amide bonds. The number of urea groups is 1. The van der Waals surface area contributed by atoms with E-state index >= 15 is 0 Å². The van der Waals surface area contributed by atoms with Gasteiger partial charge in [-0.1, -0.05) is 0 Å². The third kappa shape index (κ3) is 4.23. The van der Waals surface area contributed by atoms with E-state index in [2.05, 4.69) is 5.32 Å². The molecule has 1 atom stereocenters. The highest BCUT2D eigenvalue weighted by Gasteiger charge is 2.33. The number of hydrogen-bond acceptors (Lipinski definition) is 3. The minimum atomic E-state index is -0.962. The summed E-state index contributed by atoms with van der Waals surface area (Å²) in [6.07, 6.45) is 2.80. The van der Waals surface area contributed by atoms with E-state index in [1.807, 2.05) is 0 Å². The van der Waals surface area contributed by atoms with Crippen LogP contribution in [0, 0.1) is 0 Å². The van der Waals surface area contributed by atoms with Crippen molar-refractivity contribution in [3.8, 4) is 0 Å².